The molecule has 19 heavy (non-hydrogen) atoms. The highest BCUT2D eigenvalue weighted by Gasteiger charge is 2.28. The monoisotopic (exact) mass is 265 g/mol. The number of aliphatic carboxylic acids is 1. The fraction of sp³-hybridized carbons (Fsp3) is 0.429. The minimum atomic E-state index is -1.05. The van der Waals surface area contributed by atoms with E-state index in [1.165, 1.54) is 4.90 Å². The van der Waals surface area contributed by atoms with Gasteiger partial charge in [0.25, 0.3) is 0 Å². The quantitative estimate of drug-likeness (QED) is 0.766. The maximum absolute atomic E-state index is 11.4. The van der Waals surface area contributed by atoms with Crippen LogP contribution in [0.25, 0.3) is 0 Å². The van der Waals surface area contributed by atoms with Crippen LogP contribution in [0, 0.1) is 0 Å². The van der Waals surface area contributed by atoms with Gasteiger partial charge in [-0.1, -0.05) is 12.1 Å². The van der Waals surface area contributed by atoms with Crippen molar-refractivity contribution in [3.63, 3.8) is 0 Å². The number of rotatable bonds is 7. The molecule has 1 aromatic rings. The predicted molar refractivity (Wildman–Crippen MR) is 71.0 cm³/mol. The average Bonchev–Trinajstić information content (AvgIpc) is 2.36. The molecular weight excluding hydrogens is 246 g/mol. The summed E-state index contributed by atoms with van der Waals surface area (Å²) in [4.78, 5) is 23.7. The number of benzene rings is 1. The van der Waals surface area contributed by atoms with E-state index < -0.39 is 12.0 Å². The maximum atomic E-state index is 11.4. The Morgan fingerprint density at radius 2 is 1.95 bits per heavy atom. The van der Waals surface area contributed by atoms with Crippen LogP contribution in [0.4, 0.5) is 0 Å². The molecule has 0 aliphatic carbocycles. The Balaban J connectivity index is 3.05. The van der Waals surface area contributed by atoms with Gasteiger partial charge >= 0.3 is 5.97 Å². The highest BCUT2D eigenvalue weighted by molar-refractivity contribution is 5.78. The molecule has 0 saturated heterocycles. The van der Waals surface area contributed by atoms with E-state index in [1.807, 2.05) is 6.92 Å². The fourth-order valence-electron chi connectivity index (χ4n) is 1.84. The first kappa shape index (κ1) is 15.0. The summed E-state index contributed by atoms with van der Waals surface area (Å²) in [5.41, 5.74) is 0.553. The van der Waals surface area contributed by atoms with Crippen LogP contribution in [0.15, 0.2) is 24.3 Å². The van der Waals surface area contributed by atoms with Gasteiger partial charge in [0.1, 0.15) is 5.75 Å². The molecular formula is C14H19NO4. The van der Waals surface area contributed by atoms with Gasteiger partial charge in [-0.05, 0) is 38.5 Å². The Morgan fingerprint density at radius 3 is 2.32 bits per heavy atom. The molecule has 1 N–H and O–H groups in total. The summed E-state index contributed by atoms with van der Waals surface area (Å²) in [6, 6.07) is 5.58. The molecule has 0 saturated carbocycles. The molecule has 0 spiro atoms. The Labute approximate surface area is 112 Å². The maximum Gasteiger partial charge on any atom is 0.331 e. The number of carboxylic acids is 1. The van der Waals surface area contributed by atoms with E-state index in [-0.39, 0.29) is 6.04 Å². The summed E-state index contributed by atoms with van der Waals surface area (Å²) in [5, 5.41) is 9.32. The second-order valence-electron chi connectivity index (χ2n) is 4.39. The van der Waals surface area contributed by atoms with Crippen LogP contribution in [-0.2, 0) is 9.59 Å². The molecule has 1 unspecified atom stereocenters. The zero-order valence-electron chi connectivity index (χ0n) is 11.4. The summed E-state index contributed by atoms with van der Waals surface area (Å²) in [6.45, 7) is 5.98. The van der Waals surface area contributed by atoms with Crippen molar-refractivity contribution in [1.82, 2.24) is 4.90 Å². The van der Waals surface area contributed by atoms with Gasteiger partial charge in [0.05, 0.1) is 6.61 Å². The van der Waals surface area contributed by atoms with Gasteiger partial charge in [0.2, 0.25) is 6.41 Å². The largest absolute Gasteiger partial charge is 0.494 e. The van der Waals surface area contributed by atoms with Crippen molar-refractivity contribution < 1.29 is 19.4 Å². The van der Waals surface area contributed by atoms with Gasteiger partial charge in [0.15, 0.2) is 6.04 Å². The normalized spacial score (nSPS) is 12.0. The van der Waals surface area contributed by atoms with Crippen molar-refractivity contribution in [3.8, 4) is 5.75 Å². The van der Waals surface area contributed by atoms with Gasteiger partial charge in [-0.25, -0.2) is 4.79 Å². The molecule has 1 amide bonds. The molecule has 0 fully saturated rings. The first-order valence-corrected chi connectivity index (χ1v) is 6.19. The SMILES string of the molecule is CCOc1ccc(C(C(=O)O)N(C=O)C(C)C)cc1. The Hall–Kier alpha value is -2.04. The molecule has 0 heterocycles. The lowest BCUT2D eigenvalue weighted by Crippen LogP contribution is -2.38. The van der Waals surface area contributed by atoms with Crippen LogP contribution >= 0.6 is 0 Å². The lowest BCUT2D eigenvalue weighted by molar-refractivity contribution is -0.148. The number of nitrogens with zero attached hydrogens (tertiary/aromatic N) is 1. The minimum Gasteiger partial charge on any atom is -0.494 e. The van der Waals surface area contributed by atoms with Crippen molar-refractivity contribution >= 4 is 12.4 Å². The Kier molecular flexibility index (Phi) is 5.36. The van der Waals surface area contributed by atoms with E-state index in [1.54, 1.807) is 38.1 Å². The number of carbonyl (C=O) groups is 2. The number of carboxylic acid groups (broad SMARTS) is 1. The number of ether oxygens (including phenoxy) is 1. The molecule has 0 aromatic heterocycles. The number of hydrogen-bond acceptors (Lipinski definition) is 3. The summed E-state index contributed by atoms with van der Waals surface area (Å²) in [7, 11) is 0. The second kappa shape index (κ2) is 6.78. The summed E-state index contributed by atoms with van der Waals surface area (Å²) in [5.74, 6) is -0.373. The minimum absolute atomic E-state index is 0.190. The molecule has 1 rings (SSSR count). The molecule has 5 nitrogen and oxygen atoms in total. The first-order valence-electron chi connectivity index (χ1n) is 6.19. The van der Waals surface area contributed by atoms with Gasteiger partial charge in [-0.3, -0.25) is 4.79 Å². The van der Waals surface area contributed by atoms with Crippen LogP contribution in [-0.4, -0.2) is 35.0 Å². The lowest BCUT2D eigenvalue weighted by atomic mass is 10.0. The average molecular weight is 265 g/mol. The second-order valence-corrected chi connectivity index (χ2v) is 4.39. The fourth-order valence-corrected chi connectivity index (χ4v) is 1.84. The van der Waals surface area contributed by atoms with E-state index in [4.69, 9.17) is 4.74 Å². The van der Waals surface area contributed by atoms with Crippen LogP contribution in [0.5, 0.6) is 5.75 Å². The summed E-state index contributed by atoms with van der Waals surface area (Å²) < 4.78 is 5.30. The third kappa shape index (κ3) is 3.71. The summed E-state index contributed by atoms with van der Waals surface area (Å²) >= 11 is 0. The number of hydrogen-bond donors (Lipinski definition) is 1. The van der Waals surface area contributed by atoms with Crippen molar-refractivity contribution in [3.05, 3.63) is 29.8 Å². The Morgan fingerprint density at radius 1 is 1.37 bits per heavy atom. The van der Waals surface area contributed by atoms with Crippen LogP contribution in [0.3, 0.4) is 0 Å². The third-order valence-electron chi connectivity index (χ3n) is 2.76. The van der Waals surface area contributed by atoms with Gasteiger partial charge in [-0.15, -0.1) is 0 Å². The third-order valence-corrected chi connectivity index (χ3v) is 2.76. The molecule has 0 aliphatic heterocycles. The van der Waals surface area contributed by atoms with Crippen molar-refractivity contribution in [2.45, 2.75) is 32.9 Å². The van der Waals surface area contributed by atoms with Gasteiger partial charge in [0, 0.05) is 6.04 Å². The first-order chi connectivity index (χ1) is 9.01. The highest BCUT2D eigenvalue weighted by Crippen LogP contribution is 2.24. The molecule has 104 valence electrons. The summed E-state index contributed by atoms with van der Waals surface area (Å²) in [6.07, 6.45) is 0.569. The van der Waals surface area contributed by atoms with Crippen molar-refractivity contribution in [2.75, 3.05) is 6.61 Å². The van der Waals surface area contributed by atoms with E-state index in [2.05, 4.69) is 0 Å². The molecule has 1 aromatic carbocycles. The Bertz CT molecular complexity index is 428. The van der Waals surface area contributed by atoms with Gasteiger partial charge < -0.3 is 14.7 Å². The van der Waals surface area contributed by atoms with E-state index in [0.717, 1.165) is 0 Å². The molecule has 0 aliphatic rings. The van der Waals surface area contributed by atoms with Crippen molar-refractivity contribution in [1.29, 1.82) is 0 Å². The van der Waals surface area contributed by atoms with Crippen LogP contribution < -0.4 is 4.74 Å². The van der Waals surface area contributed by atoms with Crippen LogP contribution in [0.2, 0.25) is 0 Å². The van der Waals surface area contributed by atoms with E-state index >= 15 is 0 Å². The van der Waals surface area contributed by atoms with E-state index in [0.29, 0.717) is 24.3 Å². The number of carbonyl (C=O) groups excluding carboxylic acids is 1. The highest BCUT2D eigenvalue weighted by atomic mass is 16.5. The standard InChI is InChI=1S/C14H19NO4/c1-4-19-12-7-5-11(6-8-12)13(14(17)18)15(9-16)10(2)3/h5-10,13H,4H2,1-3H3,(H,17,18). The zero-order chi connectivity index (χ0) is 14.4. The molecule has 0 bridgehead atoms. The lowest BCUT2D eigenvalue weighted by Gasteiger charge is -2.28. The molecule has 5 heteroatoms. The number of amides is 1. The smallest absolute Gasteiger partial charge is 0.331 e. The predicted octanol–water partition coefficient (Wildman–Crippen LogP) is 2.08. The van der Waals surface area contributed by atoms with E-state index in [9.17, 15) is 14.7 Å². The topological polar surface area (TPSA) is 66.8 Å². The van der Waals surface area contributed by atoms with Gasteiger partial charge in [-0.2, -0.15) is 0 Å². The van der Waals surface area contributed by atoms with Crippen LogP contribution in [0.1, 0.15) is 32.4 Å². The zero-order valence-corrected chi connectivity index (χ0v) is 11.4. The van der Waals surface area contributed by atoms with Crippen molar-refractivity contribution in [2.24, 2.45) is 0 Å². The molecule has 1 atom stereocenters. The molecule has 0 radical (unpaired) electrons.